The normalized spacial score (nSPS) is 14.1. The van der Waals surface area contributed by atoms with Gasteiger partial charge in [0, 0.05) is 39.0 Å². The third kappa shape index (κ3) is 2.44. The van der Waals surface area contributed by atoms with Crippen molar-refractivity contribution in [1.29, 1.82) is 0 Å². The summed E-state index contributed by atoms with van der Waals surface area (Å²) >= 11 is 0. The van der Waals surface area contributed by atoms with E-state index in [0.717, 1.165) is 24.5 Å². The molecule has 0 fully saturated rings. The van der Waals surface area contributed by atoms with Crippen LogP contribution in [0.1, 0.15) is 5.56 Å². The molecule has 0 unspecified atom stereocenters. The number of benzene rings is 1. The van der Waals surface area contributed by atoms with E-state index in [1.165, 1.54) is 0 Å². The molecule has 0 aliphatic carbocycles. The number of hydrogen-bond donors (Lipinski definition) is 0. The van der Waals surface area contributed by atoms with Crippen LogP contribution >= 0.6 is 0 Å². The van der Waals surface area contributed by atoms with Crippen molar-refractivity contribution in [2.24, 2.45) is 4.99 Å². The van der Waals surface area contributed by atoms with E-state index in [0.29, 0.717) is 5.69 Å². The molecule has 79 valence electrons. The van der Waals surface area contributed by atoms with E-state index in [1.807, 2.05) is 13.1 Å². The number of amidine groups is 1. The minimum Gasteiger partial charge on any atom is -0.397 e. The van der Waals surface area contributed by atoms with Gasteiger partial charge in [-0.2, -0.15) is 6.07 Å². The van der Waals surface area contributed by atoms with Crippen LogP contribution in [0.2, 0.25) is 0 Å². The minimum atomic E-state index is 0. The molecule has 4 heteroatoms. The molecule has 1 radical (unpaired) electrons. The molecule has 1 heterocycles. The summed E-state index contributed by atoms with van der Waals surface area (Å²) in [5.74, 6) is 0.940. The number of hydrogen-bond acceptors (Lipinski definition) is 2. The number of nitrogens with zero attached hydrogens (tertiary/aromatic N) is 3. The number of rotatable bonds is 1. The van der Waals surface area contributed by atoms with Gasteiger partial charge in [-0.15, -0.1) is 23.8 Å². The van der Waals surface area contributed by atoms with E-state index >= 15 is 0 Å². The average Bonchev–Trinajstić information content (AvgIpc) is 2.65. The Labute approximate surface area is 103 Å². The molecule has 0 atom stereocenters. The van der Waals surface area contributed by atoms with Crippen LogP contribution in [0.5, 0.6) is 0 Å². The summed E-state index contributed by atoms with van der Waals surface area (Å²) in [6.07, 6.45) is 0. The van der Waals surface area contributed by atoms with Crippen LogP contribution in [-0.4, -0.2) is 30.9 Å². The standard InChI is InChI=1S/C11H10N3.Ir/c1-12-10-5-3-4-9(8-10)11-13-6-7-14(11)2;/h3,5,8H,6-7H2,2H3;/q-1;. The van der Waals surface area contributed by atoms with E-state index in [2.05, 4.69) is 20.8 Å². The maximum absolute atomic E-state index is 6.92. The molecule has 15 heavy (non-hydrogen) atoms. The molecule has 0 saturated carbocycles. The topological polar surface area (TPSA) is 20.0 Å². The quantitative estimate of drug-likeness (QED) is 0.684. The first-order valence-corrected chi connectivity index (χ1v) is 4.46. The molecule has 1 aromatic carbocycles. The van der Waals surface area contributed by atoms with Crippen molar-refractivity contribution in [2.45, 2.75) is 0 Å². The second kappa shape index (κ2) is 5.06. The van der Waals surface area contributed by atoms with E-state index < -0.39 is 0 Å². The predicted molar refractivity (Wildman–Crippen MR) is 55.6 cm³/mol. The van der Waals surface area contributed by atoms with Gasteiger partial charge >= 0.3 is 0 Å². The third-order valence-electron chi connectivity index (χ3n) is 2.21. The fraction of sp³-hybridized carbons (Fsp3) is 0.273. The van der Waals surface area contributed by atoms with E-state index in [-0.39, 0.29) is 20.1 Å². The van der Waals surface area contributed by atoms with Crippen molar-refractivity contribution in [3.05, 3.63) is 41.2 Å². The van der Waals surface area contributed by atoms with Gasteiger partial charge in [-0.05, 0) is 7.05 Å². The fourth-order valence-corrected chi connectivity index (χ4v) is 1.48. The fourth-order valence-electron chi connectivity index (χ4n) is 1.48. The second-order valence-corrected chi connectivity index (χ2v) is 3.20. The Morgan fingerprint density at radius 3 is 3.00 bits per heavy atom. The summed E-state index contributed by atoms with van der Waals surface area (Å²) in [5.41, 5.74) is 1.56. The molecule has 0 saturated heterocycles. The molecule has 1 aliphatic rings. The van der Waals surface area contributed by atoms with Crippen molar-refractivity contribution >= 4 is 11.5 Å². The Morgan fingerprint density at radius 1 is 1.60 bits per heavy atom. The largest absolute Gasteiger partial charge is 0.397 e. The molecular weight excluding hydrogens is 366 g/mol. The molecule has 1 aromatic rings. The zero-order valence-electron chi connectivity index (χ0n) is 8.32. The van der Waals surface area contributed by atoms with E-state index in [4.69, 9.17) is 6.57 Å². The third-order valence-corrected chi connectivity index (χ3v) is 2.21. The van der Waals surface area contributed by atoms with Gasteiger partial charge in [0.15, 0.2) is 0 Å². The van der Waals surface area contributed by atoms with Crippen LogP contribution in [0.3, 0.4) is 0 Å². The van der Waals surface area contributed by atoms with Crippen molar-refractivity contribution in [1.82, 2.24) is 4.90 Å². The molecule has 0 spiro atoms. The van der Waals surface area contributed by atoms with Gasteiger partial charge in [0.25, 0.3) is 0 Å². The number of likely N-dealkylation sites (N-methyl/N-ethyl adjacent to an activating group) is 1. The molecule has 3 nitrogen and oxygen atoms in total. The molecule has 2 rings (SSSR count). The van der Waals surface area contributed by atoms with Gasteiger partial charge in [-0.1, -0.05) is 0 Å². The zero-order valence-corrected chi connectivity index (χ0v) is 10.7. The first kappa shape index (κ1) is 11.9. The van der Waals surface area contributed by atoms with Crippen LogP contribution in [0.15, 0.2) is 23.2 Å². The minimum absolute atomic E-state index is 0. The molecule has 0 amide bonds. The maximum atomic E-state index is 6.92. The zero-order chi connectivity index (χ0) is 9.97. The van der Waals surface area contributed by atoms with Gasteiger partial charge in [0.2, 0.25) is 0 Å². The Morgan fingerprint density at radius 2 is 2.40 bits per heavy atom. The van der Waals surface area contributed by atoms with Crippen molar-refractivity contribution in [2.75, 3.05) is 20.1 Å². The van der Waals surface area contributed by atoms with E-state index in [9.17, 15) is 0 Å². The molecule has 0 bridgehead atoms. The van der Waals surface area contributed by atoms with Crippen LogP contribution in [0, 0.1) is 12.6 Å². The summed E-state index contributed by atoms with van der Waals surface area (Å²) < 4.78 is 0. The first-order valence-electron chi connectivity index (χ1n) is 4.46. The monoisotopic (exact) mass is 377 g/mol. The van der Waals surface area contributed by atoms with E-state index in [1.54, 1.807) is 12.1 Å². The van der Waals surface area contributed by atoms with Crippen molar-refractivity contribution < 1.29 is 20.1 Å². The summed E-state index contributed by atoms with van der Waals surface area (Å²) in [5, 5.41) is 0. The summed E-state index contributed by atoms with van der Waals surface area (Å²) in [7, 11) is 2.00. The summed E-state index contributed by atoms with van der Waals surface area (Å²) in [6.45, 7) is 8.70. The van der Waals surface area contributed by atoms with Gasteiger partial charge in [-0.25, -0.2) is 0 Å². The van der Waals surface area contributed by atoms with Crippen LogP contribution in [0.25, 0.3) is 4.85 Å². The smallest absolute Gasteiger partial charge is 0.109 e. The van der Waals surface area contributed by atoms with Crippen LogP contribution in [0.4, 0.5) is 5.69 Å². The molecular formula is C11H10IrN3-. The van der Waals surface area contributed by atoms with Gasteiger partial charge in [-0.3, -0.25) is 4.85 Å². The molecule has 0 aromatic heterocycles. The maximum Gasteiger partial charge on any atom is 0.109 e. The Hall–Kier alpha value is -1.17. The number of aliphatic imine (C=N–C) groups is 1. The SMILES string of the molecule is [C-]#[N+]c1cc[c-]c(C2=NCCN2C)c1.[Ir]. The van der Waals surface area contributed by atoms with Crippen LogP contribution < -0.4 is 0 Å². The average molecular weight is 376 g/mol. The summed E-state index contributed by atoms with van der Waals surface area (Å²) in [4.78, 5) is 9.84. The Kier molecular flexibility index (Phi) is 4.02. The first-order chi connectivity index (χ1) is 6.81. The molecule has 0 N–H and O–H groups in total. The van der Waals surface area contributed by atoms with Crippen molar-refractivity contribution in [3.8, 4) is 0 Å². The van der Waals surface area contributed by atoms with Gasteiger partial charge in [0.1, 0.15) is 5.69 Å². The van der Waals surface area contributed by atoms with Crippen LogP contribution in [-0.2, 0) is 20.1 Å². The predicted octanol–water partition coefficient (Wildman–Crippen LogP) is 1.73. The second-order valence-electron chi connectivity index (χ2n) is 3.20. The Balaban J connectivity index is 0.00000112. The molecule has 1 aliphatic heterocycles. The van der Waals surface area contributed by atoms with Crippen molar-refractivity contribution in [3.63, 3.8) is 0 Å². The van der Waals surface area contributed by atoms with Gasteiger partial charge < -0.3 is 9.89 Å². The van der Waals surface area contributed by atoms with Gasteiger partial charge in [0.05, 0.1) is 6.57 Å². The Bertz CT molecular complexity index is 420. The summed E-state index contributed by atoms with van der Waals surface area (Å²) in [6, 6.07) is 8.46.